The van der Waals surface area contributed by atoms with Crippen molar-refractivity contribution < 1.29 is 9.47 Å². The van der Waals surface area contributed by atoms with Gasteiger partial charge in [-0.05, 0) is 12.5 Å². The normalized spacial score (nSPS) is 20.1. The summed E-state index contributed by atoms with van der Waals surface area (Å²) in [4.78, 5) is 4.32. The molecule has 0 fully saturated rings. The van der Waals surface area contributed by atoms with E-state index >= 15 is 0 Å². The van der Waals surface area contributed by atoms with E-state index in [1.807, 2.05) is 37.3 Å². The van der Waals surface area contributed by atoms with Crippen LogP contribution in [0.5, 0.6) is 0 Å². The third-order valence-electron chi connectivity index (χ3n) is 2.08. The number of hydrogen-bond acceptors (Lipinski definition) is 3. The van der Waals surface area contributed by atoms with E-state index in [9.17, 15) is 0 Å². The molecular formula is C11H13NO2. The van der Waals surface area contributed by atoms with Gasteiger partial charge >= 0.3 is 6.08 Å². The molecule has 0 saturated heterocycles. The molecule has 3 nitrogen and oxygen atoms in total. The topological polar surface area (TPSA) is 30.8 Å². The first-order chi connectivity index (χ1) is 6.90. The molecule has 0 amide bonds. The monoisotopic (exact) mass is 191 g/mol. The zero-order valence-electron chi connectivity index (χ0n) is 8.14. The molecule has 74 valence electrons. The van der Waals surface area contributed by atoms with Gasteiger partial charge < -0.3 is 9.47 Å². The molecule has 1 aliphatic rings. The first-order valence-electron chi connectivity index (χ1n) is 4.78. The predicted octanol–water partition coefficient (Wildman–Crippen LogP) is 2.15. The fraction of sp³-hybridized carbons (Fsp3) is 0.364. The summed E-state index contributed by atoms with van der Waals surface area (Å²) in [5.74, 6) is 0. The van der Waals surface area contributed by atoms with Crippen LogP contribution >= 0.6 is 0 Å². The van der Waals surface area contributed by atoms with Gasteiger partial charge in [-0.3, -0.25) is 0 Å². The minimum Gasteiger partial charge on any atom is -0.451 e. The predicted molar refractivity (Wildman–Crippen MR) is 54.2 cm³/mol. The van der Waals surface area contributed by atoms with Crippen molar-refractivity contribution in [2.75, 3.05) is 13.2 Å². The van der Waals surface area contributed by atoms with Crippen molar-refractivity contribution in [2.45, 2.75) is 13.0 Å². The lowest BCUT2D eigenvalue weighted by Crippen LogP contribution is -2.03. The molecule has 0 unspecified atom stereocenters. The molecule has 0 radical (unpaired) electrons. The van der Waals surface area contributed by atoms with Gasteiger partial charge in [-0.2, -0.15) is 0 Å². The molecule has 1 aliphatic heterocycles. The lowest BCUT2D eigenvalue weighted by atomic mass is 10.1. The van der Waals surface area contributed by atoms with Gasteiger partial charge in [-0.15, -0.1) is 0 Å². The van der Waals surface area contributed by atoms with Gasteiger partial charge in [0.25, 0.3) is 0 Å². The lowest BCUT2D eigenvalue weighted by Gasteiger charge is -2.02. The van der Waals surface area contributed by atoms with Crippen molar-refractivity contribution in [3.8, 4) is 0 Å². The number of rotatable bonds is 2. The molecule has 14 heavy (non-hydrogen) atoms. The summed E-state index contributed by atoms with van der Waals surface area (Å²) in [6, 6.07) is 10.2. The third kappa shape index (κ3) is 1.87. The Kier molecular flexibility index (Phi) is 2.68. The van der Waals surface area contributed by atoms with Crippen LogP contribution in [0.25, 0.3) is 0 Å². The Hall–Kier alpha value is -1.51. The Morgan fingerprint density at radius 3 is 2.93 bits per heavy atom. The zero-order valence-corrected chi connectivity index (χ0v) is 8.14. The second-order valence-electron chi connectivity index (χ2n) is 3.07. The second kappa shape index (κ2) is 4.13. The van der Waals surface area contributed by atoms with Crippen LogP contribution in [0.3, 0.4) is 0 Å². The van der Waals surface area contributed by atoms with Crippen molar-refractivity contribution in [1.82, 2.24) is 0 Å². The smallest absolute Gasteiger partial charge is 0.384 e. The lowest BCUT2D eigenvalue weighted by molar-refractivity contribution is 0.193. The van der Waals surface area contributed by atoms with E-state index in [1.165, 1.54) is 5.56 Å². The van der Waals surface area contributed by atoms with E-state index in [2.05, 4.69) is 4.99 Å². The minimum atomic E-state index is 0.0951. The highest BCUT2D eigenvalue weighted by Gasteiger charge is 2.20. The quantitative estimate of drug-likeness (QED) is 0.717. The molecular weight excluding hydrogens is 178 g/mol. The maximum atomic E-state index is 5.29. The van der Waals surface area contributed by atoms with Gasteiger partial charge in [-0.1, -0.05) is 30.3 Å². The summed E-state index contributed by atoms with van der Waals surface area (Å²) in [6.45, 7) is 3.10. The van der Waals surface area contributed by atoms with Gasteiger partial charge in [0.2, 0.25) is 0 Å². The van der Waals surface area contributed by atoms with E-state index in [-0.39, 0.29) is 6.04 Å². The number of aliphatic imine (C=N–C) groups is 1. The summed E-state index contributed by atoms with van der Waals surface area (Å²) in [7, 11) is 0. The van der Waals surface area contributed by atoms with Gasteiger partial charge in [0.15, 0.2) is 0 Å². The maximum Gasteiger partial charge on any atom is 0.384 e. The van der Waals surface area contributed by atoms with Crippen LogP contribution in [-0.2, 0) is 9.47 Å². The molecule has 0 aliphatic carbocycles. The SMILES string of the molecule is CCOC1=N[C@@H](c2ccccc2)CO1. The number of ether oxygens (including phenoxy) is 2. The molecule has 0 spiro atoms. The van der Waals surface area contributed by atoms with Crippen LogP contribution in [0, 0.1) is 0 Å². The molecule has 0 saturated carbocycles. The van der Waals surface area contributed by atoms with Crippen molar-refractivity contribution in [3.63, 3.8) is 0 Å². The summed E-state index contributed by atoms with van der Waals surface area (Å²) in [6.07, 6.45) is 0.418. The van der Waals surface area contributed by atoms with Crippen molar-refractivity contribution in [2.24, 2.45) is 4.99 Å². The fourth-order valence-corrected chi connectivity index (χ4v) is 1.40. The molecule has 1 aromatic rings. The van der Waals surface area contributed by atoms with E-state index in [4.69, 9.17) is 9.47 Å². The van der Waals surface area contributed by atoms with Crippen molar-refractivity contribution in [1.29, 1.82) is 0 Å². The summed E-state index contributed by atoms with van der Waals surface area (Å²) in [5.41, 5.74) is 1.17. The number of nitrogens with zero attached hydrogens (tertiary/aromatic N) is 1. The molecule has 0 aromatic heterocycles. The van der Waals surface area contributed by atoms with Crippen molar-refractivity contribution >= 4 is 6.08 Å². The first kappa shape index (κ1) is 9.06. The van der Waals surface area contributed by atoms with Crippen LogP contribution in [0.4, 0.5) is 0 Å². The van der Waals surface area contributed by atoms with E-state index < -0.39 is 0 Å². The van der Waals surface area contributed by atoms with E-state index in [0.29, 0.717) is 19.3 Å². The van der Waals surface area contributed by atoms with E-state index in [0.717, 1.165) is 0 Å². The van der Waals surface area contributed by atoms with Crippen LogP contribution in [0.1, 0.15) is 18.5 Å². The average Bonchev–Trinajstić information content (AvgIpc) is 2.68. The largest absolute Gasteiger partial charge is 0.451 e. The Morgan fingerprint density at radius 2 is 2.21 bits per heavy atom. The molecule has 1 aromatic carbocycles. The molecule has 2 rings (SSSR count). The number of hydrogen-bond donors (Lipinski definition) is 0. The van der Waals surface area contributed by atoms with Crippen LogP contribution in [0.2, 0.25) is 0 Å². The molecule has 1 atom stereocenters. The highest BCUT2D eigenvalue weighted by Crippen LogP contribution is 2.22. The van der Waals surface area contributed by atoms with Gasteiger partial charge in [0.05, 0.1) is 6.61 Å². The van der Waals surface area contributed by atoms with Crippen LogP contribution in [-0.4, -0.2) is 19.3 Å². The van der Waals surface area contributed by atoms with Crippen LogP contribution in [0.15, 0.2) is 35.3 Å². The Labute approximate surface area is 83.4 Å². The summed E-state index contributed by atoms with van der Waals surface area (Å²) < 4.78 is 10.5. The molecule has 0 N–H and O–H groups in total. The van der Waals surface area contributed by atoms with Gasteiger partial charge in [0.1, 0.15) is 12.6 Å². The Morgan fingerprint density at radius 1 is 1.43 bits per heavy atom. The standard InChI is InChI=1S/C11H13NO2/c1-2-13-11-12-10(8-14-11)9-6-4-3-5-7-9/h3-7,10H,2,8H2,1H3/t10-/m1/s1. The van der Waals surface area contributed by atoms with Crippen LogP contribution < -0.4 is 0 Å². The van der Waals surface area contributed by atoms with Gasteiger partial charge in [-0.25, -0.2) is 4.99 Å². The highest BCUT2D eigenvalue weighted by atomic mass is 16.7. The minimum absolute atomic E-state index is 0.0951. The summed E-state index contributed by atoms with van der Waals surface area (Å²) in [5, 5.41) is 0. The Bertz CT molecular complexity index is 321. The summed E-state index contributed by atoms with van der Waals surface area (Å²) >= 11 is 0. The molecule has 3 heteroatoms. The first-order valence-corrected chi connectivity index (χ1v) is 4.78. The maximum absolute atomic E-state index is 5.29. The van der Waals surface area contributed by atoms with Gasteiger partial charge in [0, 0.05) is 0 Å². The molecule has 0 bridgehead atoms. The average molecular weight is 191 g/mol. The third-order valence-corrected chi connectivity index (χ3v) is 2.08. The Balaban J connectivity index is 2.08. The highest BCUT2D eigenvalue weighted by molar-refractivity contribution is 5.69. The zero-order chi connectivity index (χ0) is 9.80. The fourth-order valence-electron chi connectivity index (χ4n) is 1.40. The van der Waals surface area contributed by atoms with E-state index in [1.54, 1.807) is 0 Å². The number of benzene rings is 1. The molecule has 1 heterocycles. The van der Waals surface area contributed by atoms with Crippen molar-refractivity contribution in [3.05, 3.63) is 35.9 Å². The second-order valence-corrected chi connectivity index (χ2v) is 3.07.